The number of halogens is 1. The SMILES string of the molecule is CN(CCCOc1ccc(S(C)(=O)=O)cc1)c1cccc(F)c1C#N. The van der Waals surface area contributed by atoms with Crippen molar-refractivity contribution in [2.45, 2.75) is 11.3 Å². The van der Waals surface area contributed by atoms with Crippen LogP contribution in [0.5, 0.6) is 5.75 Å². The van der Waals surface area contributed by atoms with E-state index in [0.29, 0.717) is 31.0 Å². The summed E-state index contributed by atoms with van der Waals surface area (Å²) >= 11 is 0. The summed E-state index contributed by atoms with van der Waals surface area (Å²) < 4.78 is 42.0. The Morgan fingerprint density at radius 1 is 1.20 bits per heavy atom. The summed E-state index contributed by atoms with van der Waals surface area (Å²) in [6, 6.07) is 12.6. The largest absolute Gasteiger partial charge is 0.494 e. The van der Waals surface area contributed by atoms with Crippen LogP contribution in [-0.4, -0.2) is 34.9 Å². The Morgan fingerprint density at radius 3 is 2.48 bits per heavy atom. The number of nitriles is 1. The van der Waals surface area contributed by atoms with Gasteiger partial charge < -0.3 is 9.64 Å². The zero-order chi connectivity index (χ0) is 18.4. The Labute approximate surface area is 147 Å². The highest BCUT2D eigenvalue weighted by molar-refractivity contribution is 7.90. The number of sulfone groups is 1. The lowest BCUT2D eigenvalue weighted by atomic mass is 10.1. The van der Waals surface area contributed by atoms with Crippen molar-refractivity contribution in [1.29, 1.82) is 5.26 Å². The molecule has 0 fully saturated rings. The van der Waals surface area contributed by atoms with Crippen molar-refractivity contribution in [3.05, 3.63) is 53.8 Å². The van der Waals surface area contributed by atoms with Crippen molar-refractivity contribution in [1.82, 2.24) is 0 Å². The summed E-state index contributed by atoms with van der Waals surface area (Å²) in [7, 11) is -1.43. The molecule has 2 rings (SSSR count). The van der Waals surface area contributed by atoms with Gasteiger partial charge in [-0.1, -0.05) is 6.07 Å². The van der Waals surface area contributed by atoms with E-state index in [2.05, 4.69) is 0 Å². The van der Waals surface area contributed by atoms with Crippen LogP contribution < -0.4 is 9.64 Å². The van der Waals surface area contributed by atoms with Crippen molar-refractivity contribution >= 4 is 15.5 Å². The zero-order valence-corrected chi connectivity index (χ0v) is 14.9. The fourth-order valence-electron chi connectivity index (χ4n) is 2.34. The summed E-state index contributed by atoms with van der Waals surface area (Å²) in [5.41, 5.74) is 0.572. The normalized spacial score (nSPS) is 11.0. The van der Waals surface area contributed by atoms with E-state index in [0.717, 1.165) is 6.26 Å². The number of rotatable bonds is 7. The lowest BCUT2D eigenvalue weighted by molar-refractivity contribution is 0.312. The molecule has 0 aromatic heterocycles. The third-order valence-electron chi connectivity index (χ3n) is 3.67. The van der Waals surface area contributed by atoms with Gasteiger partial charge in [0, 0.05) is 19.8 Å². The molecular formula is C18H19FN2O3S. The van der Waals surface area contributed by atoms with Gasteiger partial charge in [0.05, 0.1) is 17.2 Å². The maximum atomic E-state index is 13.6. The third-order valence-corrected chi connectivity index (χ3v) is 4.80. The van der Waals surface area contributed by atoms with E-state index in [1.54, 1.807) is 36.2 Å². The molecular weight excluding hydrogens is 343 g/mol. The van der Waals surface area contributed by atoms with Gasteiger partial charge in [-0.2, -0.15) is 5.26 Å². The monoisotopic (exact) mass is 362 g/mol. The maximum absolute atomic E-state index is 13.6. The lowest BCUT2D eigenvalue weighted by Gasteiger charge is -2.20. The highest BCUT2D eigenvalue weighted by Crippen LogP contribution is 2.21. The second-order valence-corrected chi connectivity index (χ2v) is 7.63. The van der Waals surface area contributed by atoms with E-state index in [4.69, 9.17) is 10.00 Å². The van der Waals surface area contributed by atoms with E-state index in [1.165, 1.54) is 18.2 Å². The van der Waals surface area contributed by atoms with Gasteiger partial charge in [-0.3, -0.25) is 0 Å². The first-order chi connectivity index (χ1) is 11.8. The van der Waals surface area contributed by atoms with Crippen LogP contribution in [-0.2, 0) is 9.84 Å². The number of anilines is 1. The van der Waals surface area contributed by atoms with Crippen LogP contribution in [0.1, 0.15) is 12.0 Å². The van der Waals surface area contributed by atoms with Crippen molar-refractivity contribution < 1.29 is 17.5 Å². The van der Waals surface area contributed by atoms with Crippen molar-refractivity contribution in [2.75, 3.05) is 31.4 Å². The molecule has 25 heavy (non-hydrogen) atoms. The average molecular weight is 362 g/mol. The summed E-state index contributed by atoms with van der Waals surface area (Å²) in [5.74, 6) is 0.0487. The minimum absolute atomic E-state index is 0.0299. The molecule has 0 spiro atoms. The van der Waals surface area contributed by atoms with Gasteiger partial charge in [0.1, 0.15) is 23.2 Å². The Morgan fingerprint density at radius 2 is 1.88 bits per heavy atom. The average Bonchev–Trinajstić information content (AvgIpc) is 2.58. The van der Waals surface area contributed by atoms with Crippen LogP contribution in [0.2, 0.25) is 0 Å². The lowest BCUT2D eigenvalue weighted by Crippen LogP contribution is -2.21. The molecule has 7 heteroatoms. The number of hydrogen-bond acceptors (Lipinski definition) is 5. The molecule has 132 valence electrons. The molecule has 0 bridgehead atoms. The smallest absolute Gasteiger partial charge is 0.175 e. The van der Waals surface area contributed by atoms with Gasteiger partial charge >= 0.3 is 0 Å². The van der Waals surface area contributed by atoms with Crippen molar-refractivity contribution in [2.24, 2.45) is 0 Å². The van der Waals surface area contributed by atoms with E-state index in [1.807, 2.05) is 6.07 Å². The molecule has 0 radical (unpaired) electrons. The Hall–Kier alpha value is -2.59. The van der Waals surface area contributed by atoms with Crippen LogP contribution in [0, 0.1) is 17.1 Å². The summed E-state index contributed by atoms with van der Waals surface area (Å²) in [6.07, 6.45) is 1.81. The van der Waals surface area contributed by atoms with Gasteiger partial charge in [-0.05, 0) is 42.8 Å². The summed E-state index contributed by atoms with van der Waals surface area (Å²) in [4.78, 5) is 2.05. The van der Waals surface area contributed by atoms with Crippen molar-refractivity contribution in [3.8, 4) is 11.8 Å². The second kappa shape index (κ2) is 7.99. The molecule has 0 aliphatic carbocycles. The van der Waals surface area contributed by atoms with Crippen LogP contribution >= 0.6 is 0 Å². The molecule has 5 nitrogen and oxygen atoms in total. The molecule has 2 aromatic rings. The van der Waals surface area contributed by atoms with Gasteiger partial charge in [0.15, 0.2) is 9.84 Å². The van der Waals surface area contributed by atoms with Crippen LogP contribution in [0.15, 0.2) is 47.4 Å². The highest BCUT2D eigenvalue weighted by Gasteiger charge is 2.11. The fraction of sp³-hybridized carbons (Fsp3) is 0.278. The van der Waals surface area contributed by atoms with Crippen molar-refractivity contribution in [3.63, 3.8) is 0 Å². The predicted octanol–water partition coefficient (Wildman–Crippen LogP) is 3.01. The minimum atomic E-state index is -3.22. The van der Waals surface area contributed by atoms with Gasteiger partial charge in [0.2, 0.25) is 0 Å². The first-order valence-corrected chi connectivity index (χ1v) is 9.54. The zero-order valence-electron chi connectivity index (χ0n) is 14.1. The standard InChI is InChI=1S/C18H19FN2O3S/c1-21(18-6-3-5-17(19)16(18)13-20)11-4-12-24-14-7-9-15(10-8-14)25(2,22)23/h3,5-10H,4,11-12H2,1-2H3. The molecule has 2 aromatic carbocycles. The van der Waals surface area contributed by atoms with Crippen LogP contribution in [0.3, 0.4) is 0 Å². The number of ether oxygens (including phenoxy) is 1. The Bertz CT molecular complexity index is 874. The van der Waals surface area contributed by atoms with E-state index >= 15 is 0 Å². The van der Waals surface area contributed by atoms with Gasteiger partial charge in [-0.15, -0.1) is 0 Å². The van der Waals surface area contributed by atoms with E-state index in [9.17, 15) is 12.8 Å². The van der Waals surface area contributed by atoms with Crippen LogP contribution in [0.4, 0.5) is 10.1 Å². The number of hydrogen-bond donors (Lipinski definition) is 0. The van der Waals surface area contributed by atoms with Gasteiger partial charge in [0.25, 0.3) is 0 Å². The first-order valence-electron chi connectivity index (χ1n) is 7.65. The third kappa shape index (κ3) is 4.94. The highest BCUT2D eigenvalue weighted by atomic mass is 32.2. The quantitative estimate of drug-likeness (QED) is 0.708. The molecule has 0 aliphatic rings. The van der Waals surface area contributed by atoms with Gasteiger partial charge in [-0.25, -0.2) is 12.8 Å². The van der Waals surface area contributed by atoms with Crippen LogP contribution in [0.25, 0.3) is 0 Å². The molecule has 0 heterocycles. The molecule has 0 atom stereocenters. The maximum Gasteiger partial charge on any atom is 0.175 e. The molecule has 0 unspecified atom stereocenters. The molecule has 0 saturated carbocycles. The van der Waals surface area contributed by atoms with E-state index in [-0.39, 0.29) is 10.5 Å². The summed E-state index contributed by atoms with van der Waals surface area (Å²) in [6.45, 7) is 0.999. The topological polar surface area (TPSA) is 70.4 Å². The molecule has 0 aliphatic heterocycles. The Kier molecular flexibility index (Phi) is 5.99. The number of benzene rings is 2. The predicted molar refractivity (Wildman–Crippen MR) is 94.0 cm³/mol. The molecule has 0 amide bonds. The number of nitrogens with zero attached hydrogens (tertiary/aromatic N) is 2. The van der Waals surface area contributed by atoms with E-state index < -0.39 is 15.7 Å². The molecule has 0 saturated heterocycles. The molecule has 0 N–H and O–H groups in total. The second-order valence-electron chi connectivity index (χ2n) is 5.61. The first kappa shape index (κ1) is 18.7. The fourth-order valence-corrected chi connectivity index (χ4v) is 2.97. The minimum Gasteiger partial charge on any atom is -0.494 e. The summed E-state index contributed by atoms with van der Waals surface area (Å²) in [5, 5.41) is 9.06. The Balaban J connectivity index is 1.87.